The quantitative estimate of drug-likeness (QED) is 0.719. The molecule has 2 aromatic carbocycles. The van der Waals surface area contributed by atoms with E-state index in [0.29, 0.717) is 37.5 Å². The molecule has 0 N–H and O–H groups in total. The topological polar surface area (TPSA) is 60.9 Å². The molecule has 2 aliphatic heterocycles. The maximum absolute atomic E-state index is 13.2. The molecule has 0 spiro atoms. The number of anilines is 1. The molecule has 4 rings (SSSR count). The Hall–Kier alpha value is -2.48. The Balaban J connectivity index is 1.39. The summed E-state index contributed by atoms with van der Waals surface area (Å²) in [6, 6.07) is 15.4. The Labute approximate surface area is 184 Å². The summed E-state index contributed by atoms with van der Waals surface area (Å²) in [4.78, 5) is 16.3. The van der Waals surface area contributed by atoms with E-state index in [1.165, 1.54) is 0 Å². The molecule has 2 aromatic rings. The molecule has 0 aromatic heterocycles. The lowest BCUT2D eigenvalue weighted by atomic mass is 10.1. The van der Waals surface area contributed by atoms with Crippen LogP contribution in [0, 0.1) is 0 Å². The zero-order valence-corrected chi connectivity index (χ0v) is 18.9. The van der Waals surface area contributed by atoms with Crippen LogP contribution in [0.25, 0.3) is 6.08 Å². The molecule has 0 radical (unpaired) electrons. The van der Waals surface area contributed by atoms with Crippen molar-refractivity contribution < 1.29 is 13.2 Å². The molecule has 1 atom stereocenters. The largest absolute Gasteiger partial charge is 0.309 e. The van der Waals surface area contributed by atoms with E-state index in [1.807, 2.05) is 25.1 Å². The van der Waals surface area contributed by atoms with Crippen molar-refractivity contribution in [3.63, 3.8) is 0 Å². The van der Waals surface area contributed by atoms with E-state index >= 15 is 0 Å². The average molecular weight is 440 g/mol. The molecule has 31 heavy (non-hydrogen) atoms. The van der Waals surface area contributed by atoms with Gasteiger partial charge in [-0.25, -0.2) is 8.42 Å². The number of carbonyl (C=O) groups excluding carboxylic acids is 1. The van der Waals surface area contributed by atoms with E-state index in [1.54, 1.807) is 34.3 Å². The summed E-state index contributed by atoms with van der Waals surface area (Å²) in [5, 5.41) is 0. The molecule has 0 bridgehead atoms. The van der Waals surface area contributed by atoms with E-state index in [4.69, 9.17) is 0 Å². The highest BCUT2D eigenvalue weighted by molar-refractivity contribution is 7.89. The van der Waals surface area contributed by atoms with E-state index in [0.717, 1.165) is 23.4 Å². The normalized spacial score (nSPS) is 20.3. The zero-order chi connectivity index (χ0) is 22.0. The van der Waals surface area contributed by atoms with Gasteiger partial charge < -0.3 is 4.90 Å². The van der Waals surface area contributed by atoms with Crippen molar-refractivity contribution in [3.05, 3.63) is 65.7 Å². The number of fused-ring (bicyclic) bond motifs is 1. The predicted octanol–water partition coefficient (Wildman–Crippen LogP) is 3.00. The highest BCUT2D eigenvalue weighted by atomic mass is 32.2. The Morgan fingerprint density at radius 3 is 2.45 bits per heavy atom. The molecule has 164 valence electrons. The number of benzene rings is 2. The summed E-state index contributed by atoms with van der Waals surface area (Å²) in [5.41, 5.74) is 2.92. The first-order valence-corrected chi connectivity index (χ1v) is 12.2. The van der Waals surface area contributed by atoms with Crippen LogP contribution < -0.4 is 4.90 Å². The molecule has 1 saturated heterocycles. The Bertz CT molecular complexity index is 1070. The van der Waals surface area contributed by atoms with Crippen molar-refractivity contribution in [2.75, 3.05) is 37.6 Å². The van der Waals surface area contributed by atoms with Crippen LogP contribution in [0.15, 0.2) is 59.5 Å². The fourth-order valence-electron chi connectivity index (χ4n) is 4.45. The second kappa shape index (κ2) is 8.94. The van der Waals surface area contributed by atoms with Gasteiger partial charge in [0.15, 0.2) is 0 Å². The molecule has 1 fully saturated rings. The van der Waals surface area contributed by atoms with Gasteiger partial charge in [0.05, 0.1) is 4.90 Å². The van der Waals surface area contributed by atoms with Gasteiger partial charge in [-0.2, -0.15) is 4.31 Å². The molecule has 6 nitrogen and oxygen atoms in total. The monoisotopic (exact) mass is 439 g/mol. The van der Waals surface area contributed by atoms with Gasteiger partial charge in [0, 0.05) is 51.4 Å². The smallest absolute Gasteiger partial charge is 0.243 e. The van der Waals surface area contributed by atoms with Crippen LogP contribution in [0.1, 0.15) is 25.0 Å². The van der Waals surface area contributed by atoms with Crippen molar-refractivity contribution in [1.82, 2.24) is 9.21 Å². The molecular weight excluding hydrogens is 410 g/mol. The molecule has 2 heterocycles. The summed E-state index contributed by atoms with van der Waals surface area (Å²) in [6.07, 6.45) is 4.90. The molecule has 1 unspecified atom stereocenters. The van der Waals surface area contributed by atoms with Crippen LogP contribution in [0.3, 0.4) is 0 Å². The van der Waals surface area contributed by atoms with Crippen molar-refractivity contribution in [1.29, 1.82) is 0 Å². The van der Waals surface area contributed by atoms with E-state index in [-0.39, 0.29) is 11.9 Å². The van der Waals surface area contributed by atoms with Gasteiger partial charge in [-0.15, -0.1) is 0 Å². The minimum Gasteiger partial charge on any atom is -0.309 e. The van der Waals surface area contributed by atoms with Crippen LogP contribution in [0.2, 0.25) is 0 Å². The Kier molecular flexibility index (Phi) is 6.27. The van der Waals surface area contributed by atoms with Gasteiger partial charge in [0.2, 0.25) is 15.9 Å². The first-order valence-electron chi connectivity index (χ1n) is 10.7. The maximum atomic E-state index is 13.2. The van der Waals surface area contributed by atoms with Gasteiger partial charge in [0.25, 0.3) is 0 Å². The van der Waals surface area contributed by atoms with Gasteiger partial charge in [-0.1, -0.05) is 42.5 Å². The minimum atomic E-state index is -3.54. The fourth-order valence-corrected chi connectivity index (χ4v) is 5.92. The number of sulfonamides is 1. The lowest BCUT2D eigenvalue weighted by Crippen LogP contribution is -2.48. The second-order valence-electron chi connectivity index (χ2n) is 8.25. The van der Waals surface area contributed by atoms with Gasteiger partial charge in [-0.05, 0) is 42.7 Å². The lowest BCUT2D eigenvalue weighted by molar-refractivity contribution is -0.116. The van der Waals surface area contributed by atoms with E-state index in [2.05, 4.69) is 29.2 Å². The number of hydrogen-bond donors (Lipinski definition) is 0. The average Bonchev–Trinajstić information content (AvgIpc) is 3.10. The number of rotatable bonds is 5. The van der Waals surface area contributed by atoms with Crippen LogP contribution in [0.5, 0.6) is 0 Å². The van der Waals surface area contributed by atoms with Crippen LogP contribution in [0.4, 0.5) is 5.69 Å². The van der Waals surface area contributed by atoms with Crippen molar-refractivity contribution in [2.45, 2.75) is 31.2 Å². The highest BCUT2D eigenvalue weighted by Crippen LogP contribution is 2.34. The van der Waals surface area contributed by atoms with E-state index < -0.39 is 10.0 Å². The molecule has 0 saturated carbocycles. The third-order valence-corrected chi connectivity index (χ3v) is 7.94. The first kappa shape index (κ1) is 21.7. The SMILES string of the molecule is CC(=O)N1c2ccc(S(=O)(=O)N3CCN(C/C=C/c4ccccc4)CC3)cc2CC1C. The van der Waals surface area contributed by atoms with Crippen LogP contribution >= 0.6 is 0 Å². The van der Waals surface area contributed by atoms with Gasteiger partial charge in [0.1, 0.15) is 0 Å². The van der Waals surface area contributed by atoms with Crippen molar-refractivity contribution >= 4 is 27.7 Å². The Morgan fingerprint density at radius 1 is 1.06 bits per heavy atom. The van der Waals surface area contributed by atoms with Crippen molar-refractivity contribution in [3.8, 4) is 0 Å². The molecule has 1 amide bonds. The number of nitrogens with zero attached hydrogens (tertiary/aromatic N) is 3. The molecule has 7 heteroatoms. The maximum Gasteiger partial charge on any atom is 0.243 e. The van der Waals surface area contributed by atoms with Crippen molar-refractivity contribution in [2.24, 2.45) is 0 Å². The van der Waals surface area contributed by atoms with Gasteiger partial charge in [-0.3, -0.25) is 9.69 Å². The Morgan fingerprint density at radius 2 is 1.77 bits per heavy atom. The van der Waals surface area contributed by atoms with Gasteiger partial charge >= 0.3 is 0 Å². The third-order valence-electron chi connectivity index (χ3n) is 6.05. The lowest BCUT2D eigenvalue weighted by Gasteiger charge is -2.33. The predicted molar refractivity (Wildman–Crippen MR) is 123 cm³/mol. The second-order valence-corrected chi connectivity index (χ2v) is 10.2. The number of carbonyl (C=O) groups is 1. The molecular formula is C24H29N3O3S. The van der Waals surface area contributed by atoms with E-state index in [9.17, 15) is 13.2 Å². The van der Waals surface area contributed by atoms with Crippen LogP contribution in [-0.2, 0) is 21.2 Å². The highest BCUT2D eigenvalue weighted by Gasteiger charge is 2.32. The number of piperazine rings is 1. The standard InChI is InChI=1S/C24H29N3O3S/c1-19-17-22-18-23(10-11-24(22)27(19)20(2)28)31(29,30)26-15-13-25(14-16-26)12-6-9-21-7-4-3-5-8-21/h3-11,18-19H,12-17H2,1-2H3/b9-6+. The number of hydrogen-bond acceptors (Lipinski definition) is 4. The summed E-state index contributed by atoms with van der Waals surface area (Å²) < 4.78 is 28.0. The third kappa shape index (κ3) is 4.59. The number of amides is 1. The molecule has 0 aliphatic carbocycles. The van der Waals surface area contributed by atoms with Crippen LogP contribution in [-0.4, -0.2) is 62.3 Å². The first-order chi connectivity index (χ1) is 14.9. The fraction of sp³-hybridized carbons (Fsp3) is 0.375. The zero-order valence-electron chi connectivity index (χ0n) is 18.1. The summed E-state index contributed by atoms with van der Waals surface area (Å²) in [5.74, 6) is -0.0145. The summed E-state index contributed by atoms with van der Waals surface area (Å²) >= 11 is 0. The summed E-state index contributed by atoms with van der Waals surface area (Å²) in [6.45, 7) is 6.71. The minimum absolute atomic E-state index is 0.0145. The summed E-state index contributed by atoms with van der Waals surface area (Å²) in [7, 11) is -3.54. The molecule has 2 aliphatic rings.